The number of hydrogen-bond donors (Lipinski definition) is 1. The monoisotopic (exact) mass is 952 g/mol. The van der Waals surface area contributed by atoms with E-state index in [1.165, 1.54) is 38.6 Å². The second kappa shape index (κ2) is 19.5. The molecule has 0 amide bonds. The highest BCUT2D eigenvalue weighted by molar-refractivity contribution is 6.12. The third-order valence-corrected chi connectivity index (χ3v) is 14.0. The molecule has 0 spiro atoms. The second-order valence-electron chi connectivity index (χ2n) is 18.7. The van der Waals surface area contributed by atoms with Gasteiger partial charge in [-0.1, -0.05) is 194 Å². The SMILES string of the molecule is C=C/C=C\NC(/C(=C\C=C)n1c2ccccc2c2cc(-c3ccc(C)cc3)ccc21)c1cc(-n2c3ccccc3c3cc(-c4ccc(C)cc4)ccc32)ccc1-c1nc(-c2ccccc2)nc(-c2ccccc2)n1. The fourth-order valence-electron chi connectivity index (χ4n) is 10.4. The Morgan fingerprint density at radius 1 is 0.446 bits per heavy atom. The topological polar surface area (TPSA) is 60.6 Å². The number of nitrogens with one attached hydrogen (secondary N) is 1. The summed E-state index contributed by atoms with van der Waals surface area (Å²) in [5.74, 6) is 1.72. The summed E-state index contributed by atoms with van der Waals surface area (Å²) in [6.07, 6.45) is 9.71. The normalized spacial score (nSPS) is 12.3. The van der Waals surface area contributed by atoms with Gasteiger partial charge in [-0.3, -0.25) is 0 Å². The van der Waals surface area contributed by atoms with Gasteiger partial charge in [-0.05, 0) is 115 Å². The largest absolute Gasteiger partial charge is 0.379 e. The molecule has 6 nitrogen and oxygen atoms in total. The molecule has 0 bridgehead atoms. The molecule has 0 saturated heterocycles. The number of rotatable bonds is 13. The molecule has 12 rings (SSSR count). The highest BCUT2D eigenvalue weighted by Gasteiger charge is 2.27. The maximum Gasteiger partial charge on any atom is 0.164 e. The first kappa shape index (κ1) is 45.5. The van der Waals surface area contributed by atoms with Gasteiger partial charge in [0.25, 0.3) is 0 Å². The maximum absolute atomic E-state index is 5.35. The van der Waals surface area contributed by atoms with Crippen LogP contribution in [0.2, 0.25) is 0 Å². The summed E-state index contributed by atoms with van der Waals surface area (Å²) in [6.45, 7) is 12.7. The lowest BCUT2D eigenvalue weighted by atomic mass is 9.95. The highest BCUT2D eigenvalue weighted by atomic mass is 15.1. The van der Waals surface area contributed by atoms with Gasteiger partial charge in [0.2, 0.25) is 0 Å². The third-order valence-electron chi connectivity index (χ3n) is 14.0. The van der Waals surface area contributed by atoms with Gasteiger partial charge in [-0.25, -0.2) is 15.0 Å². The molecule has 0 saturated carbocycles. The van der Waals surface area contributed by atoms with Crippen LogP contribution in [0.1, 0.15) is 22.7 Å². The van der Waals surface area contributed by atoms with Crippen LogP contribution < -0.4 is 5.32 Å². The Morgan fingerprint density at radius 3 is 1.53 bits per heavy atom. The molecule has 354 valence electrons. The van der Waals surface area contributed by atoms with Crippen molar-refractivity contribution in [1.29, 1.82) is 0 Å². The van der Waals surface area contributed by atoms with Crippen molar-refractivity contribution in [3.05, 3.63) is 273 Å². The number of allylic oxidation sites excluding steroid dienone is 4. The highest BCUT2D eigenvalue weighted by Crippen LogP contribution is 2.43. The predicted octanol–water partition coefficient (Wildman–Crippen LogP) is 17.1. The lowest BCUT2D eigenvalue weighted by Crippen LogP contribution is -2.22. The van der Waals surface area contributed by atoms with Crippen molar-refractivity contribution >= 4 is 49.3 Å². The fraction of sp³-hybridized carbons (Fsp3) is 0.0441. The van der Waals surface area contributed by atoms with E-state index in [0.29, 0.717) is 17.5 Å². The van der Waals surface area contributed by atoms with Gasteiger partial charge in [0.1, 0.15) is 0 Å². The molecule has 1 N–H and O–H groups in total. The van der Waals surface area contributed by atoms with Crippen LogP contribution in [0.3, 0.4) is 0 Å². The van der Waals surface area contributed by atoms with E-state index in [2.05, 4.69) is 199 Å². The molecule has 0 fully saturated rings. The molecule has 0 aliphatic carbocycles. The van der Waals surface area contributed by atoms with Gasteiger partial charge >= 0.3 is 0 Å². The lowest BCUT2D eigenvalue weighted by Gasteiger charge is -2.27. The van der Waals surface area contributed by atoms with Crippen LogP contribution in [0.25, 0.3) is 111 Å². The maximum atomic E-state index is 5.35. The Bertz CT molecular complexity index is 4080. The Balaban J connectivity index is 1.14. The van der Waals surface area contributed by atoms with E-state index in [4.69, 9.17) is 15.0 Å². The molecular formula is C68H52N6. The summed E-state index contributed by atoms with van der Waals surface area (Å²) >= 11 is 0. The smallest absolute Gasteiger partial charge is 0.164 e. The van der Waals surface area contributed by atoms with Crippen molar-refractivity contribution in [3.63, 3.8) is 0 Å². The van der Waals surface area contributed by atoms with Crippen LogP contribution in [0, 0.1) is 13.8 Å². The van der Waals surface area contributed by atoms with Crippen molar-refractivity contribution in [1.82, 2.24) is 29.4 Å². The van der Waals surface area contributed by atoms with Crippen molar-refractivity contribution in [2.24, 2.45) is 0 Å². The number of fused-ring (bicyclic) bond motifs is 6. The van der Waals surface area contributed by atoms with Gasteiger partial charge in [-0.15, -0.1) is 0 Å². The van der Waals surface area contributed by atoms with Gasteiger partial charge in [0, 0.05) is 43.9 Å². The van der Waals surface area contributed by atoms with Crippen molar-refractivity contribution in [2.75, 3.05) is 0 Å². The molecule has 3 aromatic heterocycles. The van der Waals surface area contributed by atoms with E-state index < -0.39 is 6.04 Å². The Morgan fingerprint density at radius 2 is 0.932 bits per heavy atom. The summed E-state index contributed by atoms with van der Waals surface area (Å²) in [6, 6.07) is 75.0. The molecule has 3 heterocycles. The molecule has 9 aromatic carbocycles. The zero-order valence-electron chi connectivity index (χ0n) is 41.3. The minimum absolute atomic E-state index is 0.506. The zero-order valence-corrected chi connectivity index (χ0v) is 41.3. The van der Waals surface area contributed by atoms with Gasteiger partial charge < -0.3 is 14.5 Å². The third kappa shape index (κ3) is 8.38. The van der Waals surface area contributed by atoms with E-state index in [1.807, 2.05) is 79.0 Å². The Labute approximate surface area is 431 Å². The Kier molecular flexibility index (Phi) is 12.0. The van der Waals surface area contributed by atoms with Gasteiger partial charge in [0.05, 0.1) is 33.8 Å². The molecule has 1 atom stereocenters. The van der Waals surface area contributed by atoms with E-state index >= 15 is 0 Å². The first-order chi connectivity index (χ1) is 36.4. The summed E-state index contributed by atoms with van der Waals surface area (Å²) in [5.41, 5.74) is 17.0. The average molecular weight is 953 g/mol. The summed E-state index contributed by atoms with van der Waals surface area (Å²) in [5, 5.41) is 8.53. The number of hydrogen-bond acceptors (Lipinski definition) is 4. The Hall–Kier alpha value is -9.65. The number of nitrogens with zero attached hydrogens (tertiary/aromatic N) is 5. The number of aryl methyl sites for hydroxylation is 2. The minimum Gasteiger partial charge on any atom is -0.379 e. The van der Waals surface area contributed by atoms with E-state index in [0.717, 1.165) is 72.0 Å². The summed E-state index contributed by atoms with van der Waals surface area (Å²) in [4.78, 5) is 15.8. The molecule has 74 heavy (non-hydrogen) atoms. The second-order valence-corrected chi connectivity index (χ2v) is 18.7. The number of benzene rings is 9. The first-order valence-electron chi connectivity index (χ1n) is 25.0. The van der Waals surface area contributed by atoms with E-state index in [9.17, 15) is 0 Å². The molecular weight excluding hydrogens is 901 g/mol. The molecule has 12 aromatic rings. The van der Waals surface area contributed by atoms with Crippen LogP contribution in [-0.4, -0.2) is 24.1 Å². The molecule has 6 heteroatoms. The van der Waals surface area contributed by atoms with E-state index in [1.54, 1.807) is 6.08 Å². The van der Waals surface area contributed by atoms with Crippen LogP contribution in [-0.2, 0) is 0 Å². The van der Waals surface area contributed by atoms with Crippen LogP contribution in [0.15, 0.2) is 256 Å². The van der Waals surface area contributed by atoms with Crippen molar-refractivity contribution < 1.29 is 0 Å². The number of aromatic nitrogens is 5. The standard InChI is InChI=1S/C68H52N6/c1-5-7-41-69-65(64(18-6-2)74-61-26-17-15-24-55(61)58-43-52(36-40-63(58)74)48-33-29-46(4)30-34-48)59-44-53(73-60-25-16-14-23-54(60)57-42-51(35-39-62(57)73)47-31-27-45(3)28-32-47)37-38-56(59)68-71-66(49-19-10-8-11-20-49)70-67(72-68)50-21-12-9-13-22-50/h5-44,65,69H,1-2H2,3-4H3/b41-7-,64-18+. The lowest BCUT2D eigenvalue weighted by molar-refractivity contribution is 0.744. The molecule has 1 unspecified atom stereocenters. The van der Waals surface area contributed by atoms with Crippen LogP contribution in [0.4, 0.5) is 0 Å². The predicted molar refractivity (Wildman–Crippen MR) is 310 cm³/mol. The zero-order chi connectivity index (χ0) is 50.1. The minimum atomic E-state index is -0.506. The van der Waals surface area contributed by atoms with Crippen LogP contribution in [0.5, 0.6) is 0 Å². The molecule has 0 radical (unpaired) electrons. The van der Waals surface area contributed by atoms with Crippen molar-refractivity contribution in [2.45, 2.75) is 19.9 Å². The molecule has 0 aliphatic heterocycles. The quantitative estimate of drug-likeness (QED) is 0.117. The van der Waals surface area contributed by atoms with Crippen LogP contribution >= 0.6 is 0 Å². The first-order valence-corrected chi connectivity index (χ1v) is 25.0. The summed E-state index contributed by atoms with van der Waals surface area (Å²) < 4.78 is 4.77. The summed E-state index contributed by atoms with van der Waals surface area (Å²) in [7, 11) is 0. The average Bonchev–Trinajstić information content (AvgIpc) is 3.98. The van der Waals surface area contributed by atoms with Crippen molar-refractivity contribution in [3.8, 4) is 62.1 Å². The van der Waals surface area contributed by atoms with Gasteiger partial charge in [-0.2, -0.15) is 0 Å². The number of para-hydroxylation sites is 2. The fourth-order valence-corrected chi connectivity index (χ4v) is 10.4. The molecule has 0 aliphatic rings. The van der Waals surface area contributed by atoms with E-state index in [-0.39, 0.29) is 0 Å². The van der Waals surface area contributed by atoms with Gasteiger partial charge in [0.15, 0.2) is 17.5 Å².